The minimum Gasteiger partial charge on any atom is -0.495 e. The zero-order valence-electron chi connectivity index (χ0n) is 15.0. The van der Waals surface area contributed by atoms with Crippen molar-refractivity contribution >= 4 is 29.1 Å². The third-order valence-electron chi connectivity index (χ3n) is 3.78. The predicted octanol–water partition coefficient (Wildman–Crippen LogP) is 3.74. The number of aliphatic hydroxyl groups is 1. The molecule has 2 heterocycles. The van der Waals surface area contributed by atoms with E-state index >= 15 is 0 Å². The zero-order chi connectivity index (χ0) is 19.2. The first-order valence-electron chi connectivity index (χ1n) is 8.36. The maximum absolute atomic E-state index is 9.31. The van der Waals surface area contributed by atoms with Gasteiger partial charge in [-0.15, -0.1) is 0 Å². The molecule has 0 saturated heterocycles. The lowest BCUT2D eigenvalue weighted by atomic mass is 10.2. The summed E-state index contributed by atoms with van der Waals surface area (Å²) in [6.45, 7) is 1.81. The molecular weight excluding hydrogens is 366 g/mol. The lowest BCUT2D eigenvalue weighted by molar-refractivity contribution is 0.281. The second kappa shape index (κ2) is 8.66. The van der Waals surface area contributed by atoms with E-state index < -0.39 is 0 Å². The third-order valence-corrected chi connectivity index (χ3v) is 4.01. The first kappa shape index (κ1) is 18.9. The molecule has 3 aromatic rings. The van der Waals surface area contributed by atoms with Gasteiger partial charge >= 0.3 is 0 Å². The van der Waals surface area contributed by atoms with Crippen molar-refractivity contribution in [3.05, 3.63) is 53.8 Å². The van der Waals surface area contributed by atoms with E-state index in [-0.39, 0.29) is 12.6 Å². The number of aliphatic hydroxyl groups excluding tert-OH is 1. The Bertz CT molecular complexity index is 908. The highest BCUT2D eigenvalue weighted by Crippen LogP contribution is 2.31. The summed E-state index contributed by atoms with van der Waals surface area (Å²) in [4.78, 5) is 13.1. The Morgan fingerprint density at radius 2 is 1.93 bits per heavy atom. The SMILES string of the molecule is COc1ccc(Cl)cc1Nc1cc(-c2ccncc2)nc(N[C@H](C)CO)n1. The molecule has 0 aliphatic rings. The van der Waals surface area contributed by atoms with Crippen molar-refractivity contribution < 1.29 is 9.84 Å². The van der Waals surface area contributed by atoms with Crippen LogP contribution >= 0.6 is 11.6 Å². The van der Waals surface area contributed by atoms with E-state index in [1.54, 1.807) is 37.7 Å². The number of hydrogen-bond acceptors (Lipinski definition) is 7. The molecule has 0 unspecified atom stereocenters. The van der Waals surface area contributed by atoms with Crippen LogP contribution in [0.25, 0.3) is 11.3 Å². The van der Waals surface area contributed by atoms with Crippen molar-refractivity contribution in [3.8, 4) is 17.0 Å². The van der Waals surface area contributed by atoms with E-state index in [4.69, 9.17) is 16.3 Å². The number of hydrogen-bond donors (Lipinski definition) is 3. The van der Waals surface area contributed by atoms with Crippen LogP contribution in [-0.4, -0.2) is 39.8 Å². The molecule has 3 N–H and O–H groups in total. The van der Waals surface area contributed by atoms with Gasteiger partial charge in [0.2, 0.25) is 5.95 Å². The Morgan fingerprint density at radius 3 is 2.63 bits per heavy atom. The van der Waals surface area contributed by atoms with E-state index in [1.165, 1.54) is 0 Å². The van der Waals surface area contributed by atoms with E-state index in [0.717, 1.165) is 5.56 Å². The van der Waals surface area contributed by atoms with Crippen molar-refractivity contribution in [2.75, 3.05) is 24.4 Å². The monoisotopic (exact) mass is 385 g/mol. The molecule has 0 fully saturated rings. The molecule has 3 rings (SSSR count). The van der Waals surface area contributed by atoms with Crippen molar-refractivity contribution in [1.82, 2.24) is 15.0 Å². The Labute approximate surface area is 162 Å². The molecule has 7 nitrogen and oxygen atoms in total. The molecule has 0 bridgehead atoms. The number of nitrogens with one attached hydrogen (secondary N) is 2. The molecule has 0 saturated carbocycles. The van der Waals surface area contributed by atoms with Gasteiger partial charge in [0, 0.05) is 35.1 Å². The minimum atomic E-state index is -0.189. The number of methoxy groups -OCH3 is 1. The van der Waals surface area contributed by atoms with Gasteiger partial charge in [0.1, 0.15) is 11.6 Å². The number of benzene rings is 1. The number of anilines is 3. The van der Waals surface area contributed by atoms with Crippen LogP contribution in [0.2, 0.25) is 5.02 Å². The summed E-state index contributed by atoms with van der Waals surface area (Å²) in [5.41, 5.74) is 2.29. The Kier molecular flexibility index (Phi) is 6.05. The molecule has 140 valence electrons. The van der Waals surface area contributed by atoms with Gasteiger partial charge in [0.25, 0.3) is 0 Å². The quantitative estimate of drug-likeness (QED) is 0.570. The van der Waals surface area contributed by atoms with Gasteiger partial charge < -0.3 is 20.5 Å². The highest BCUT2D eigenvalue weighted by molar-refractivity contribution is 6.31. The number of pyridine rings is 1. The zero-order valence-corrected chi connectivity index (χ0v) is 15.7. The van der Waals surface area contributed by atoms with Crippen LogP contribution in [0, 0.1) is 0 Å². The second-order valence-corrected chi connectivity index (χ2v) is 6.33. The van der Waals surface area contributed by atoms with E-state index in [9.17, 15) is 5.11 Å². The van der Waals surface area contributed by atoms with Crippen LogP contribution in [0.5, 0.6) is 5.75 Å². The minimum absolute atomic E-state index is 0.0340. The first-order valence-corrected chi connectivity index (χ1v) is 8.74. The molecule has 0 spiro atoms. The lowest BCUT2D eigenvalue weighted by Gasteiger charge is -2.15. The molecule has 0 aliphatic carbocycles. The van der Waals surface area contributed by atoms with Gasteiger partial charge in [-0.2, -0.15) is 4.98 Å². The normalized spacial score (nSPS) is 11.7. The molecule has 0 aliphatic heterocycles. The fraction of sp³-hybridized carbons (Fsp3) is 0.211. The highest BCUT2D eigenvalue weighted by atomic mass is 35.5. The molecule has 8 heteroatoms. The number of aromatic nitrogens is 3. The summed E-state index contributed by atoms with van der Waals surface area (Å²) < 4.78 is 5.38. The lowest BCUT2D eigenvalue weighted by Crippen LogP contribution is -2.21. The van der Waals surface area contributed by atoms with E-state index in [2.05, 4.69) is 25.6 Å². The van der Waals surface area contributed by atoms with Crippen LogP contribution < -0.4 is 15.4 Å². The molecule has 1 aromatic carbocycles. The number of nitrogens with zero attached hydrogens (tertiary/aromatic N) is 3. The second-order valence-electron chi connectivity index (χ2n) is 5.90. The molecule has 2 aromatic heterocycles. The van der Waals surface area contributed by atoms with Crippen LogP contribution in [0.4, 0.5) is 17.5 Å². The highest BCUT2D eigenvalue weighted by Gasteiger charge is 2.11. The first-order chi connectivity index (χ1) is 13.1. The fourth-order valence-electron chi connectivity index (χ4n) is 2.43. The number of rotatable bonds is 7. The predicted molar refractivity (Wildman–Crippen MR) is 107 cm³/mol. The van der Waals surface area contributed by atoms with Crippen molar-refractivity contribution in [2.24, 2.45) is 0 Å². The summed E-state index contributed by atoms with van der Waals surface area (Å²) in [5, 5.41) is 16.2. The maximum Gasteiger partial charge on any atom is 0.225 e. The smallest absolute Gasteiger partial charge is 0.225 e. The van der Waals surface area contributed by atoms with Gasteiger partial charge in [-0.3, -0.25) is 4.98 Å². The van der Waals surface area contributed by atoms with Crippen LogP contribution in [0.3, 0.4) is 0 Å². The van der Waals surface area contributed by atoms with Crippen LogP contribution in [0.1, 0.15) is 6.92 Å². The summed E-state index contributed by atoms with van der Waals surface area (Å²) in [5.74, 6) is 1.60. The average Bonchev–Trinajstić information content (AvgIpc) is 2.68. The molecular formula is C19H20ClN5O2. The summed E-state index contributed by atoms with van der Waals surface area (Å²) in [6.07, 6.45) is 3.40. The Balaban J connectivity index is 2.01. The summed E-state index contributed by atoms with van der Waals surface area (Å²) >= 11 is 6.11. The number of ether oxygens (including phenoxy) is 1. The largest absolute Gasteiger partial charge is 0.495 e. The van der Waals surface area contributed by atoms with Crippen molar-refractivity contribution in [2.45, 2.75) is 13.0 Å². The van der Waals surface area contributed by atoms with Gasteiger partial charge in [0.15, 0.2) is 0 Å². The molecule has 1 atom stereocenters. The fourth-order valence-corrected chi connectivity index (χ4v) is 2.60. The standard InChI is InChI=1S/C19H20ClN5O2/c1-12(11-26)22-19-24-15(13-5-7-21-8-6-13)10-18(25-19)23-16-9-14(20)3-4-17(16)27-2/h3-10,12,26H,11H2,1-2H3,(H2,22,23,24,25)/t12-/m1/s1. The summed E-state index contributed by atoms with van der Waals surface area (Å²) in [6, 6.07) is 10.7. The van der Waals surface area contributed by atoms with Crippen molar-refractivity contribution in [1.29, 1.82) is 0 Å². The number of halogens is 1. The third kappa shape index (κ3) is 4.84. The molecule has 27 heavy (non-hydrogen) atoms. The van der Waals surface area contributed by atoms with Gasteiger partial charge in [0.05, 0.1) is 25.1 Å². The maximum atomic E-state index is 9.31. The summed E-state index contributed by atoms with van der Waals surface area (Å²) in [7, 11) is 1.59. The Morgan fingerprint density at radius 1 is 1.15 bits per heavy atom. The van der Waals surface area contributed by atoms with Gasteiger partial charge in [-0.05, 0) is 37.3 Å². The average molecular weight is 386 g/mol. The molecule has 0 amide bonds. The van der Waals surface area contributed by atoms with Crippen LogP contribution in [-0.2, 0) is 0 Å². The van der Waals surface area contributed by atoms with Gasteiger partial charge in [-0.1, -0.05) is 11.6 Å². The van der Waals surface area contributed by atoms with E-state index in [1.807, 2.05) is 25.1 Å². The topological polar surface area (TPSA) is 92.2 Å². The Hall–Kier alpha value is -2.90. The van der Waals surface area contributed by atoms with Gasteiger partial charge in [-0.25, -0.2) is 4.98 Å². The van der Waals surface area contributed by atoms with Crippen molar-refractivity contribution in [3.63, 3.8) is 0 Å². The van der Waals surface area contributed by atoms with Crippen LogP contribution in [0.15, 0.2) is 48.8 Å². The molecule has 0 radical (unpaired) electrons. The van der Waals surface area contributed by atoms with E-state index in [0.29, 0.717) is 33.9 Å².